The number of hydrogen-bond donors (Lipinski definition) is 2. The lowest BCUT2D eigenvalue weighted by Gasteiger charge is -2.03. The van der Waals surface area contributed by atoms with E-state index in [-0.39, 0.29) is 0 Å². The molecule has 2 nitrogen and oxygen atoms in total. The standard InChI is InChI=1S/C17H17ClN2/c18-16-7-3-1-5-14(16)11-19-10-9-13-12-20-17-8-4-2-6-15(13)17/h1-8,12,19-20H,9-11H2/p+1. The molecule has 102 valence electrons. The lowest BCUT2D eigenvalue weighted by molar-refractivity contribution is -0.670. The zero-order valence-electron chi connectivity index (χ0n) is 11.3. The Balaban J connectivity index is 1.57. The SMILES string of the molecule is Clc1ccccc1C[NH2+]CCc1c[nH]c2ccccc12. The number of aromatic amines is 1. The molecule has 0 aliphatic carbocycles. The molecule has 0 fully saturated rings. The number of nitrogens with two attached hydrogens (primary N) is 1. The number of aromatic nitrogens is 1. The van der Waals surface area contributed by atoms with Gasteiger partial charge in [0, 0.05) is 34.1 Å². The Morgan fingerprint density at radius 3 is 2.65 bits per heavy atom. The van der Waals surface area contributed by atoms with Crippen molar-refractivity contribution in [1.29, 1.82) is 0 Å². The third-order valence-electron chi connectivity index (χ3n) is 3.61. The molecule has 2 aromatic carbocycles. The highest BCUT2D eigenvalue weighted by atomic mass is 35.5. The lowest BCUT2D eigenvalue weighted by atomic mass is 10.1. The summed E-state index contributed by atoms with van der Waals surface area (Å²) in [5, 5.41) is 4.50. The van der Waals surface area contributed by atoms with Crippen molar-refractivity contribution >= 4 is 22.5 Å². The van der Waals surface area contributed by atoms with E-state index < -0.39 is 0 Å². The maximum atomic E-state index is 6.16. The number of fused-ring (bicyclic) bond motifs is 1. The fourth-order valence-corrected chi connectivity index (χ4v) is 2.73. The molecule has 0 radical (unpaired) electrons. The Morgan fingerprint density at radius 2 is 1.75 bits per heavy atom. The highest BCUT2D eigenvalue weighted by molar-refractivity contribution is 6.31. The maximum absolute atomic E-state index is 6.16. The van der Waals surface area contributed by atoms with Crippen LogP contribution in [0.4, 0.5) is 0 Å². The number of nitrogens with one attached hydrogen (secondary N) is 1. The van der Waals surface area contributed by atoms with Crippen molar-refractivity contribution in [2.24, 2.45) is 0 Å². The van der Waals surface area contributed by atoms with E-state index in [1.807, 2.05) is 18.2 Å². The van der Waals surface area contributed by atoms with Crippen LogP contribution in [0.25, 0.3) is 10.9 Å². The smallest absolute Gasteiger partial charge is 0.103 e. The average molecular weight is 286 g/mol. The predicted octanol–water partition coefficient (Wildman–Crippen LogP) is 3.13. The summed E-state index contributed by atoms with van der Waals surface area (Å²) in [7, 11) is 0. The Labute approximate surface area is 123 Å². The molecule has 1 aromatic heterocycles. The van der Waals surface area contributed by atoms with Gasteiger partial charge in [-0.2, -0.15) is 0 Å². The van der Waals surface area contributed by atoms with Gasteiger partial charge in [-0.15, -0.1) is 0 Å². The van der Waals surface area contributed by atoms with Gasteiger partial charge in [-0.3, -0.25) is 0 Å². The van der Waals surface area contributed by atoms with Crippen LogP contribution < -0.4 is 5.32 Å². The molecule has 0 aliphatic rings. The predicted molar refractivity (Wildman–Crippen MR) is 84.0 cm³/mol. The van der Waals surface area contributed by atoms with Crippen LogP contribution in [0, 0.1) is 0 Å². The molecule has 0 unspecified atom stereocenters. The van der Waals surface area contributed by atoms with Gasteiger partial charge in [0.2, 0.25) is 0 Å². The summed E-state index contributed by atoms with van der Waals surface area (Å²) in [6.07, 6.45) is 3.18. The molecule has 0 saturated carbocycles. The molecule has 0 atom stereocenters. The fraction of sp³-hybridized carbons (Fsp3) is 0.176. The van der Waals surface area contributed by atoms with Crippen molar-refractivity contribution in [3.8, 4) is 0 Å². The Bertz CT molecular complexity index is 703. The van der Waals surface area contributed by atoms with Crippen LogP contribution in [0.5, 0.6) is 0 Å². The minimum absolute atomic E-state index is 0.857. The molecule has 0 saturated heterocycles. The van der Waals surface area contributed by atoms with Gasteiger partial charge in [-0.1, -0.05) is 48.0 Å². The first kappa shape index (κ1) is 13.2. The quantitative estimate of drug-likeness (QED) is 0.675. The van der Waals surface area contributed by atoms with E-state index in [9.17, 15) is 0 Å². The average Bonchev–Trinajstić information content (AvgIpc) is 2.89. The van der Waals surface area contributed by atoms with Crippen LogP contribution in [0.1, 0.15) is 11.1 Å². The molecule has 1 heterocycles. The summed E-state index contributed by atoms with van der Waals surface area (Å²) in [5.74, 6) is 0. The van der Waals surface area contributed by atoms with Gasteiger partial charge in [0.1, 0.15) is 6.54 Å². The number of benzene rings is 2. The van der Waals surface area contributed by atoms with E-state index in [4.69, 9.17) is 11.6 Å². The van der Waals surface area contributed by atoms with E-state index in [1.54, 1.807) is 0 Å². The second kappa shape index (κ2) is 6.12. The monoisotopic (exact) mass is 285 g/mol. The van der Waals surface area contributed by atoms with Crippen LogP contribution in [0.2, 0.25) is 5.02 Å². The number of rotatable bonds is 5. The summed E-state index contributed by atoms with van der Waals surface area (Å²) in [6, 6.07) is 16.5. The molecule has 0 bridgehead atoms. The van der Waals surface area contributed by atoms with Gasteiger partial charge in [-0.25, -0.2) is 0 Å². The van der Waals surface area contributed by atoms with Gasteiger partial charge >= 0.3 is 0 Å². The van der Waals surface area contributed by atoms with Crippen LogP contribution >= 0.6 is 11.6 Å². The van der Waals surface area contributed by atoms with Crippen molar-refractivity contribution in [1.82, 2.24) is 4.98 Å². The van der Waals surface area contributed by atoms with E-state index in [2.05, 4.69) is 46.8 Å². The molecule has 3 heteroatoms. The largest absolute Gasteiger partial charge is 0.361 e. The molecule has 3 N–H and O–H groups in total. The van der Waals surface area contributed by atoms with Crippen LogP contribution in [-0.2, 0) is 13.0 Å². The molecule has 3 rings (SSSR count). The van der Waals surface area contributed by atoms with E-state index in [0.717, 1.165) is 24.5 Å². The summed E-state index contributed by atoms with van der Waals surface area (Å²) in [4.78, 5) is 3.32. The number of halogens is 1. The second-order valence-electron chi connectivity index (χ2n) is 4.98. The first-order valence-corrected chi connectivity index (χ1v) is 7.32. The normalized spacial score (nSPS) is 11.1. The van der Waals surface area contributed by atoms with Crippen molar-refractivity contribution < 1.29 is 5.32 Å². The van der Waals surface area contributed by atoms with Gasteiger partial charge in [0.15, 0.2) is 0 Å². The number of H-pyrrole nitrogens is 1. The summed E-state index contributed by atoms with van der Waals surface area (Å²) >= 11 is 6.16. The molecular weight excluding hydrogens is 268 g/mol. The van der Waals surface area contributed by atoms with E-state index in [1.165, 1.54) is 22.0 Å². The minimum Gasteiger partial charge on any atom is -0.361 e. The molecule has 3 aromatic rings. The van der Waals surface area contributed by atoms with Gasteiger partial charge in [-0.05, 0) is 17.7 Å². The van der Waals surface area contributed by atoms with Crippen molar-refractivity contribution in [2.75, 3.05) is 6.54 Å². The summed E-state index contributed by atoms with van der Waals surface area (Å²) in [6.45, 7) is 2.00. The van der Waals surface area contributed by atoms with Crippen LogP contribution in [-0.4, -0.2) is 11.5 Å². The third-order valence-corrected chi connectivity index (χ3v) is 3.98. The van der Waals surface area contributed by atoms with Gasteiger partial charge < -0.3 is 10.3 Å². The van der Waals surface area contributed by atoms with Crippen molar-refractivity contribution in [2.45, 2.75) is 13.0 Å². The minimum atomic E-state index is 0.857. The highest BCUT2D eigenvalue weighted by Gasteiger charge is 2.04. The first-order chi connectivity index (χ1) is 9.84. The third kappa shape index (κ3) is 2.87. The molecule has 0 spiro atoms. The lowest BCUT2D eigenvalue weighted by Crippen LogP contribution is -2.83. The van der Waals surface area contributed by atoms with E-state index >= 15 is 0 Å². The molecule has 20 heavy (non-hydrogen) atoms. The topological polar surface area (TPSA) is 32.4 Å². The van der Waals surface area contributed by atoms with Gasteiger partial charge in [0.25, 0.3) is 0 Å². The maximum Gasteiger partial charge on any atom is 0.103 e. The van der Waals surface area contributed by atoms with Gasteiger partial charge in [0.05, 0.1) is 6.54 Å². The second-order valence-corrected chi connectivity index (χ2v) is 5.39. The molecule has 0 aliphatic heterocycles. The first-order valence-electron chi connectivity index (χ1n) is 6.94. The zero-order valence-corrected chi connectivity index (χ0v) is 12.0. The van der Waals surface area contributed by atoms with Crippen molar-refractivity contribution in [3.63, 3.8) is 0 Å². The van der Waals surface area contributed by atoms with Crippen LogP contribution in [0.3, 0.4) is 0 Å². The number of para-hydroxylation sites is 1. The Morgan fingerprint density at radius 1 is 0.950 bits per heavy atom. The highest BCUT2D eigenvalue weighted by Crippen LogP contribution is 2.17. The fourth-order valence-electron chi connectivity index (χ4n) is 2.52. The number of hydrogen-bond acceptors (Lipinski definition) is 0. The summed E-state index contributed by atoms with van der Waals surface area (Å²) < 4.78 is 0. The van der Waals surface area contributed by atoms with Crippen molar-refractivity contribution in [3.05, 3.63) is 70.9 Å². The molecular formula is C17H18ClN2+. The number of quaternary nitrogens is 1. The summed E-state index contributed by atoms with van der Waals surface area (Å²) in [5.41, 5.74) is 3.80. The molecule has 0 amide bonds. The van der Waals surface area contributed by atoms with Crippen LogP contribution in [0.15, 0.2) is 54.7 Å². The Hall–Kier alpha value is -1.77. The van der Waals surface area contributed by atoms with E-state index in [0.29, 0.717) is 0 Å². The Kier molecular flexibility index (Phi) is 4.05. The zero-order chi connectivity index (χ0) is 13.8.